The highest BCUT2D eigenvalue weighted by Crippen LogP contribution is 2.37. The first-order valence-corrected chi connectivity index (χ1v) is 15.5. The largest absolute Gasteiger partial charge is 0.435 e. The second-order valence-electron chi connectivity index (χ2n) is 11.5. The molecule has 0 amide bonds. The summed E-state index contributed by atoms with van der Waals surface area (Å²) < 4.78 is 94.4. The molecule has 0 radical (unpaired) electrons. The molecule has 2 aliphatic heterocycles. The van der Waals surface area contributed by atoms with Crippen LogP contribution in [0.1, 0.15) is 56.1 Å². The highest BCUT2D eigenvalue weighted by atomic mass is 19.4. The van der Waals surface area contributed by atoms with Crippen molar-refractivity contribution < 1.29 is 35.8 Å². The number of allylic oxidation sites excluding steroid dienone is 2. The summed E-state index contributed by atoms with van der Waals surface area (Å²) in [5.74, 6) is 0. The van der Waals surface area contributed by atoms with E-state index in [1.807, 2.05) is 0 Å². The van der Waals surface area contributed by atoms with Gasteiger partial charge in [-0.05, 0) is 74.9 Å². The molecular weight excluding hydrogens is 638 g/mol. The van der Waals surface area contributed by atoms with E-state index < -0.39 is 36.2 Å². The standard InChI is InChI=1S/C34H32F6N6O2/c35-33(36,37)29(41)19-27(44-31-15-3-5-17-47-31)25-13-7-11-23(42-25)21-9-1-2-10-22(21)24-12-8-14-26(43-24)28-20-30(34(38,39)40)45-46(28)32-16-4-6-18-48-32/h1-2,7-14,19-20,31-32H,3-6,15-18,41H2. The number of nitrogens with two attached hydrogens (primary N) is 1. The topological polar surface area (TPSA) is 100 Å². The van der Waals surface area contributed by atoms with E-state index in [4.69, 9.17) is 20.2 Å². The minimum atomic E-state index is -4.77. The number of nitrogens with zero attached hydrogens (tertiary/aromatic N) is 5. The fraction of sp³-hybridized carbons (Fsp3) is 0.353. The van der Waals surface area contributed by atoms with Crippen LogP contribution in [0.15, 0.2) is 83.5 Å². The number of alkyl halides is 6. The van der Waals surface area contributed by atoms with Gasteiger partial charge in [-0.2, -0.15) is 31.4 Å². The Balaban J connectivity index is 1.40. The smallest absolute Gasteiger partial charge is 0.395 e. The van der Waals surface area contributed by atoms with Crippen molar-refractivity contribution in [1.82, 2.24) is 19.7 Å². The molecule has 2 atom stereocenters. The van der Waals surface area contributed by atoms with Crippen LogP contribution in [0, 0.1) is 0 Å². The monoisotopic (exact) mass is 670 g/mol. The Hall–Kier alpha value is -4.56. The molecule has 0 spiro atoms. The highest BCUT2D eigenvalue weighted by Gasteiger charge is 2.37. The van der Waals surface area contributed by atoms with E-state index in [1.165, 1.54) is 4.68 Å². The Morgan fingerprint density at radius 1 is 0.792 bits per heavy atom. The minimum Gasteiger partial charge on any atom is -0.395 e. The molecule has 0 saturated carbocycles. The summed E-state index contributed by atoms with van der Waals surface area (Å²) in [6, 6.07) is 18.0. The summed E-state index contributed by atoms with van der Waals surface area (Å²) >= 11 is 0. The average molecular weight is 671 g/mol. The van der Waals surface area contributed by atoms with Crippen molar-refractivity contribution >= 4 is 5.71 Å². The van der Waals surface area contributed by atoms with E-state index in [0.29, 0.717) is 48.6 Å². The Labute approximate surface area is 272 Å². The number of benzene rings is 1. The molecule has 8 nitrogen and oxygen atoms in total. The number of hydrogen-bond donors (Lipinski definition) is 1. The Morgan fingerprint density at radius 3 is 2.06 bits per heavy atom. The van der Waals surface area contributed by atoms with Crippen molar-refractivity contribution in [3.8, 4) is 33.9 Å². The molecule has 252 valence electrons. The lowest BCUT2D eigenvalue weighted by atomic mass is 10.00. The van der Waals surface area contributed by atoms with Crippen molar-refractivity contribution in [2.75, 3.05) is 13.2 Å². The molecule has 2 unspecified atom stereocenters. The van der Waals surface area contributed by atoms with Crippen molar-refractivity contribution in [3.05, 3.63) is 89.9 Å². The molecule has 14 heteroatoms. The molecule has 0 bridgehead atoms. The maximum Gasteiger partial charge on any atom is 0.435 e. The van der Waals surface area contributed by atoms with Crippen LogP contribution in [0.4, 0.5) is 26.3 Å². The quantitative estimate of drug-likeness (QED) is 0.158. The summed E-state index contributed by atoms with van der Waals surface area (Å²) in [5.41, 5.74) is 5.56. The second-order valence-corrected chi connectivity index (χ2v) is 11.5. The maximum absolute atomic E-state index is 13.8. The molecule has 2 saturated heterocycles. The van der Waals surface area contributed by atoms with Crippen molar-refractivity contribution in [2.24, 2.45) is 10.7 Å². The van der Waals surface area contributed by atoms with Gasteiger partial charge in [0.2, 0.25) is 0 Å². The first-order chi connectivity index (χ1) is 23.0. The molecule has 0 aliphatic carbocycles. The average Bonchev–Trinajstić information content (AvgIpc) is 3.55. The number of rotatable bonds is 7. The van der Waals surface area contributed by atoms with Gasteiger partial charge >= 0.3 is 12.4 Å². The maximum atomic E-state index is 13.8. The van der Waals surface area contributed by atoms with Crippen LogP contribution in [0.3, 0.4) is 0 Å². The fourth-order valence-corrected chi connectivity index (χ4v) is 5.63. The lowest BCUT2D eigenvalue weighted by molar-refractivity contribution is -0.142. The summed E-state index contributed by atoms with van der Waals surface area (Å²) in [4.78, 5) is 13.9. The summed E-state index contributed by atoms with van der Waals surface area (Å²) in [6.45, 7) is 0.857. The van der Waals surface area contributed by atoms with Crippen LogP contribution in [0.25, 0.3) is 33.9 Å². The SMILES string of the molecule is NC(=CC(=NC1CCCCO1)c1cccc(-c2ccccc2-c2cccc(-c3cc(C(F)(F)F)nn3C3CCCCO3)n2)n1)C(F)(F)F. The third-order valence-corrected chi connectivity index (χ3v) is 8.01. The van der Waals surface area contributed by atoms with Crippen molar-refractivity contribution in [1.29, 1.82) is 0 Å². The summed E-state index contributed by atoms with van der Waals surface area (Å²) in [5, 5.41) is 3.87. The van der Waals surface area contributed by atoms with E-state index >= 15 is 0 Å². The van der Waals surface area contributed by atoms with Crippen LogP contribution in [0.2, 0.25) is 0 Å². The second kappa shape index (κ2) is 13.9. The first-order valence-electron chi connectivity index (χ1n) is 15.5. The lowest BCUT2D eigenvalue weighted by Crippen LogP contribution is -2.23. The van der Waals surface area contributed by atoms with Crippen LogP contribution < -0.4 is 5.73 Å². The molecule has 6 rings (SSSR count). The normalized spacial score (nSPS) is 19.8. The molecule has 48 heavy (non-hydrogen) atoms. The fourth-order valence-electron chi connectivity index (χ4n) is 5.63. The van der Waals surface area contributed by atoms with Gasteiger partial charge in [0.25, 0.3) is 0 Å². The zero-order valence-corrected chi connectivity index (χ0v) is 25.6. The Bertz CT molecular complexity index is 1800. The number of aliphatic imine (C=N–C) groups is 1. The van der Waals surface area contributed by atoms with Crippen LogP contribution in [0.5, 0.6) is 0 Å². The van der Waals surface area contributed by atoms with Gasteiger partial charge in [0.05, 0.1) is 34.2 Å². The van der Waals surface area contributed by atoms with E-state index in [1.54, 1.807) is 60.7 Å². The molecule has 1 aromatic carbocycles. The molecule has 4 aromatic rings. The van der Waals surface area contributed by atoms with Gasteiger partial charge in [-0.3, -0.25) is 4.99 Å². The number of pyridine rings is 2. The van der Waals surface area contributed by atoms with E-state index in [-0.39, 0.29) is 22.8 Å². The van der Waals surface area contributed by atoms with E-state index in [0.717, 1.165) is 37.8 Å². The van der Waals surface area contributed by atoms with Crippen LogP contribution >= 0.6 is 0 Å². The number of hydrogen-bond acceptors (Lipinski definition) is 7. The molecule has 3 aromatic heterocycles. The number of ether oxygens (including phenoxy) is 2. The van der Waals surface area contributed by atoms with Crippen LogP contribution in [-0.2, 0) is 15.7 Å². The van der Waals surface area contributed by atoms with Crippen molar-refractivity contribution in [3.63, 3.8) is 0 Å². The summed E-state index contributed by atoms with van der Waals surface area (Å²) in [7, 11) is 0. The predicted molar refractivity (Wildman–Crippen MR) is 166 cm³/mol. The third-order valence-electron chi connectivity index (χ3n) is 8.01. The molecule has 2 fully saturated rings. The van der Waals surface area contributed by atoms with Gasteiger partial charge in [0.1, 0.15) is 11.9 Å². The molecular formula is C34H32F6N6O2. The van der Waals surface area contributed by atoms with E-state index in [9.17, 15) is 26.3 Å². The molecule has 2 N–H and O–H groups in total. The van der Waals surface area contributed by atoms with Gasteiger partial charge in [-0.15, -0.1) is 0 Å². The highest BCUT2D eigenvalue weighted by molar-refractivity contribution is 6.08. The number of halogens is 6. The Kier molecular flexibility index (Phi) is 9.65. The molecule has 5 heterocycles. The number of aromatic nitrogens is 4. The van der Waals surface area contributed by atoms with Crippen molar-refractivity contribution in [2.45, 2.75) is 63.3 Å². The summed E-state index contributed by atoms with van der Waals surface area (Å²) in [6.07, 6.45) is -5.66. The Morgan fingerprint density at radius 2 is 1.44 bits per heavy atom. The zero-order chi connectivity index (χ0) is 33.9. The lowest BCUT2D eigenvalue weighted by Gasteiger charge is -2.24. The van der Waals surface area contributed by atoms with Gasteiger partial charge < -0.3 is 15.2 Å². The van der Waals surface area contributed by atoms with E-state index in [2.05, 4.69) is 15.1 Å². The van der Waals surface area contributed by atoms with Crippen LogP contribution in [-0.4, -0.2) is 51.1 Å². The third kappa shape index (κ3) is 7.60. The van der Waals surface area contributed by atoms with Gasteiger partial charge in [-0.1, -0.05) is 36.4 Å². The van der Waals surface area contributed by atoms with Gasteiger partial charge in [-0.25, -0.2) is 14.6 Å². The predicted octanol–water partition coefficient (Wildman–Crippen LogP) is 8.11. The zero-order valence-electron chi connectivity index (χ0n) is 25.6. The first kappa shape index (κ1) is 33.3. The van der Waals surface area contributed by atoms with Gasteiger partial charge in [0.15, 0.2) is 11.9 Å². The minimum absolute atomic E-state index is 0.0742. The molecule has 2 aliphatic rings. The van der Waals surface area contributed by atoms with Gasteiger partial charge in [0, 0.05) is 24.3 Å².